The molecule has 0 radical (unpaired) electrons. The average molecular weight is 326 g/mol. The van der Waals surface area contributed by atoms with Crippen LogP contribution in [0.25, 0.3) is 16.6 Å². The van der Waals surface area contributed by atoms with Crippen molar-refractivity contribution in [3.8, 4) is 5.69 Å². The maximum atomic E-state index is 6.19. The van der Waals surface area contributed by atoms with E-state index in [2.05, 4.69) is 27.7 Å². The monoisotopic (exact) mass is 325 g/mol. The third kappa shape index (κ3) is 3.15. The number of nitrogens with zero attached hydrogens (tertiary/aromatic N) is 3. The zero-order valence-corrected chi connectivity index (χ0v) is 14.6. The summed E-state index contributed by atoms with van der Waals surface area (Å²) in [5.41, 5.74) is 2.92. The third-order valence-electron chi connectivity index (χ3n) is 3.97. The summed E-state index contributed by atoms with van der Waals surface area (Å²) < 4.78 is 1.89. The van der Waals surface area contributed by atoms with Gasteiger partial charge in [0, 0.05) is 21.5 Å². The van der Waals surface area contributed by atoms with E-state index >= 15 is 0 Å². The van der Waals surface area contributed by atoms with Gasteiger partial charge in [-0.15, -0.1) is 0 Å². The molecule has 3 rings (SSSR count). The Morgan fingerprint density at radius 3 is 2.43 bits per heavy atom. The highest BCUT2D eigenvalue weighted by Gasteiger charge is 2.18. The van der Waals surface area contributed by atoms with Crippen molar-refractivity contribution >= 4 is 34.0 Å². The zero-order valence-electron chi connectivity index (χ0n) is 13.8. The molecule has 0 aliphatic heterocycles. The smallest absolute Gasteiger partial charge is 0.163 e. The van der Waals surface area contributed by atoms with Crippen molar-refractivity contribution in [3.63, 3.8) is 0 Å². The van der Waals surface area contributed by atoms with Crippen LogP contribution in [0.15, 0.2) is 53.5 Å². The number of fused-ring (bicyclic) bond motifs is 1. The molecule has 0 aliphatic rings. The van der Waals surface area contributed by atoms with Crippen LogP contribution in [0.4, 0.5) is 5.82 Å². The van der Waals surface area contributed by atoms with Crippen LogP contribution in [0.1, 0.15) is 27.7 Å². The van der Waals surface area contributed by atoms with Crippen molar-refractivity contribution in [2.75, 3.05) is 0 Å². The van der Waals surface area contributed by atoms with Gasteiger partial charge in [0.15, 0.2) is 5.82 Å². The lowest BCUT2D eigenvalue weighted by atomic mass is 9.91. The van der Waals surface area contributed by atoms with E-state index in [1.807, 2.05) is 53.2 Å². The summed E-state index contributed by atoms with van der Waals surface area (Å²) in [6.45, 7) is 8.53. The maximum Gasteiger partial charge on any atom is 0.163 e. The first-order chi connectivity index (χ1) is 10.9. The fourth-order valence-corrected chi connectivity index (χ4v) is 2.40. The number of aromatic nitrogens is 2. The molecule has 3 nitrogen and oxygen atoms in total. The van der Waals surface area contributed by atoms with E-state index < -0.39 is 0 Å². The summed E-state index contributed by atoms with van der Waals surface area (Å²) in [5.74, 6) is 0.820. The van der Waals surface area contributed by atoms with E-state index in [4.69, 9.17) is 21.7 Å². The molecule has 2 aromatic carbocycles. The molecule has 0 unspecified atom stereocenters. The van der Waals surface area contributed by atoms with Crippen LogP contribution in [0.5, 0.6) is 0 Å². The van der Waals surface area contributed by atoms with Crippen LogP contribution >= 0.6 is 11.6 Å². The van der Waals surface area contributed by atoms with E-state index in [1.165, 1.54) is 0 Å². The van der Waals surface area contributed by atoms with Crippen molar-refractivity contribution in [2.24, 2.45) is 10.4 Å². The highest BCUT2D eigenvalue weighted by molar-refractivity contribution is 6.31. The number of para-hydroxylation sites is 1. The van der Waals surface area contributed by atoms with Gasteiger partial charge in [-0.05, 0) is 37.3 Å². The van der Waals surface area contributed by atoms with Crippen LogP contribution in [-0.4, -0.2) is 15.5 Å². The lowest BCUT2D eigenvalue weighted by molar-refractivity contribution is 0.587. The number of hydrogen-bond acceptors (Lipinski definition) is 2. The van der Waals surface area contributed by atoms with Gasteiger partial charge in [0.2, 0.25) is 0 Å². The molecule has 1 aromatic heterocycles. The lowest BCUT2D eigenvalue weighted by Crippen LogP contribution is -2.16. The van der Waals surface area contributed by atoms with Gasteiger partial charge in [0.1, 0.15) is 0 Å². The van der Waals surface area contributed by atoms with E-state index in [0.717, 1.165) is 28.1 Å². The largest absolute Gasteiger partial charge is 0.237 e. The Hall–Kier alpha value is -2.13. The number of hydrogen-bond donors (Lipinski definition) is 0. The molecule has 0 N–H and O–H groups in total. The van der Waals surface area contributed by atoms with E-state index in [-0.39, 0.29) is 5.41 Å². The Kier molecular flexibility index (Phi) is 3.99. The molecule has 0 spiro atoms. The molecule has 0 saturated heterocycles. The van der Waals surface area contributed by atoms with Crippen LogP contribution < -0.4 is 0 Å². The fourth-order valence-electron chi connectivity index (χ4n) is 2.23. The van der Waals surface area contributed by atoms with Crippen LogP contribution in [0, 0.1) is 5.41 Å². The zero-order chi connectivity index (χ0) is 16.6. The Bertz CT molecular complexity index is 871. The molecular formula is C19H20ClN3. The predicted molar refractivity (Wildman–Crippen MR) is 98.3 cm³/mol. The maximum absolute atomic E-state index is 6.19. The number of halogens is 1. The average Bonchev–Trinajstić information content (AvgIpc) is 2.85. The Labute approximate surface area is 141 Å². The predicted octanol–water partition coefficient (Wildman–Crippen LogP) is 5.82. The van der Waals surface area contributed by atoms with Gasteiger partial charge in [-0.1, -0.05) is 50.6 Å². The summed E-state index contributed by atoms with van der Waals surface area (Å²) in [6, 6.07) is 15.8. The molecule has 0 amide bonds. The Morgan fingerprint density at radius 2 is 1.78 bits per heavy atom. The molecule has 0 atom stereocenters. The highest BCUT2D eigenvalue weighted by Crippen LogP contribution is 2.32. The van der Waals surface area contributed by atoms with Gasteiger partial charge in [-0.3, -0.25) is 0 Å². The minimum atomic E-state index is -0.00329. The van der Waals surface area contributed by atoms with Gasteiger partial charge < -0.3 is 0 Å². The molecule has 4 heteroatoms. The van der Waals surface area contributed by atoms with Gasteiger partial charge in [-0.2, -0.15) is 5.10 Å². The minimum absolute atomic E-state index is 0.00329. The first kappa shape index (κ1) is 15.8. The molecule has 1 heterocycles. The number of rotatable bonds is 2. The molecular weight excluding hydrogens is 306 g/mol. The van der Waals surface area contributed by atoms with Crippen molar-refractivity contribution in [2.45, 2.75) is 27.7 Å². The SMILES string of the molecule is C/C(=N/c1c2cc(Cl)ccc2nn1-c1ccccc1)C(C)(C)C. The Balaban J connectivity index is 2.30. The summed E-state index contributed by atoms with van der Waals surface area (Å²) in [6.07, 6.45) is 0. The van der Waals surface area contributed by atoms with E-state index in [9.17, 15) is 0 Å². The second kappa shape index (κ2) is 5.82. The topological polar surface area (TPSA) is 30.2 Å². The van der Waals surface area contributed by atoms with E-state index in [1.54, 1.807) is 0 Å². The first-order valence-electron chi connectivity index (χ1n) is 7.66. The van der Waals surface area contributed by atoms with E-state index in [0.29, 0.717) is 5.02 Å². The van der Waals surface area contributed by atoms with Gasteiger partial charge >= 0.3 is 0 Å². The third-order valence-corrected chi connectivity index (χ3v) is 4.20. The second-order valence-corrected chi connectivity index (χ2v) is 7.12. The molecule has 0 aliphatic carbocycles. The summed E-state index contributed by atoms with van der Waals surface area (Å²) in [5, 5.41) is 6.36. The minimum Gasteiger partial charge on any atom is -0.237 e. The second-order valence-electron chi connectivity index (χ2n) is 6.68. The number of benzene rings is 2. The summed E-state index contributed by atoms with van der Waals surface area (Å²) >= 11 is 6.19. The van der Waals surface area contributed by atoms with Crippen molar-refractivity contribution in [3.05, 3.63) is 53.6 Å². The van der Waals surface area contributed by atoms with Gasteiger partial charge in [-0.25, -0.2) is 9.67 Å². The molecule has 3 aromatic rings. The first-order valence-corrected chi connectivity index (χ1v) is 8.03. The van der Waals surface area contributed by atoms with Crippen LogP contribution in [0.2, 0.25) is 5.02 Å². The molecule has 23 heavy (non-hydrogen) atoms. The van der Waals surface area contributed by atoms with Crippen molar-refractivity contribution < 1.29 is 0 Å². The quantitative estimate of drug-likeness (QED) is 0.546. The van der Waals surface area contributed by atoms with Crippen molar-refractivity contribution in [1.82, 2.24) is 9.78 Å². The van der Waals surface area contributed by atoms with Crippen molar-refractivity contribution in [1.29, 1.82) is 0 Å². The highest BCUT2D eigenvalue weighted by atomic mass is 35.5. The molecule has 0 saturated carbocycles. The van der Waals surface area contributed by atoms with Crippen LogP contribution in [0.3, 0.4) is 0 Å². The van der Waals surface area contributed by atoms with Gasteiger partial charge in [0.25, 0.3) is 0 Å². The molecule has 118 valence electrons. The number of aliphatic imine (C=N–C) groups is 1. The Morgan fingerprint density at radius 1 is 1.09 bits per heavy atom. The lowest BCUT2D eigenvalue weighted by Gasteiger charge is -2.18. The molecule has 0 bridgehead atoms. The van der Waals surface area contributed by atoms with Gasteiger partial charge in [0.05, 0.1) is 11.2 Å². The van der Waals surface area contributed by atoms with Crippen LogP contribution in [-0.2, 0) is 0 Å². The molecule has 0 fully saturated rings. The fraction of sp³-hybridized carbons (Fsp3) is 0.263. The summed E-state index contributed by atoms with van der Waals surface area (Å²) in [4.78, 5) is 4.89. The summed E-state index contributed by atoms with van der Waals surface area (Å²) in [7, 11) is 0. The standard InChI is InChI=1S/C19H20ClN3/c1-13(19(2,3)4)21-18-16-12-14(20)10-11-17(16)22-23(18)15-8-6-5-7-9-15/h5-12H,1-4H3/b21-13-. The normalized spacial score (nSPS) is 12.8.